The first-order chi connectivity index (χ1) is 9.81. The van der Waals surface area contributed by atoms with Crippen molar-refractivity contribution in [3.63, 3.8) is 0 Å². The SMILES string of the molecule is CCC(CC)C(C)NC(=O)N[C@H](CCCC(=O)O)C(=O)O. The number of carbonyl (C=O) groups is 3. The van der Waals surface area contributed by atoms with Crippen LogP contribution in [-0.2, 0) is 9.59 Å². The number of urea groups is 1. The Hall–Kier alpha value is -1.79. The Kier molecular flexibility index (Phi) is 9.16. The van der Waals surface area contributed by atoms with E-state index in [1.807, 2.05) is 20.8 Å². The molecule has 0 aromatic carbocycles. The Bertz CT molecular complexity index is 355. The quantitative estimate of drug-likeness (QED) is 0.491. The van der Waals surface area contributed by atoms with Gasteiger partial charge in [-0.25, -0.2) is 9.59 Å². The highest BCUT2D eigenvalue weighted by atomic mass is 16.4. The second kappa shape index (κ2) is 10.0. The van der Waals surface area contributed by atoms with Gasteiger partial charge in [0.2, 0.25) is 0 Å². The van der Waals surface area contributed by atoms with Crippen LogP contribution in [0.1, 0.15) is 52.9 Å². The van der Waals surface area contributed by atoms with E-state index in [2.05, 4.69) is 10.6 Å². The van der Waals surface area contributed by atoms with Gasteiger partial charge in [-0.15, -0.1) is 0 Å². The fraction of sp³-hybridized carbons (Fsp3) is 0.786. The van der Waals surface area contributed by atoms with Gasteiger partial charge in [-0.05, 0) is 25.7 Å². The van der Waals surface area contributed by atoms with Crippen molar-refractivity contribution in [2.45, 2.75) is 65.0 Å². The summed E-state index contributed by atoms with van der Waals surface area (Å²) in [6.45, 7) is 5.96. The average Bonchev–Trinajstić information content (AvgIpc) is 2.38. The van der Waals surface area contributed by atoms with Crippen LogP contribution in [0.15, 0.2) is 0 Å². The van der Waals surface area contributed by atoms with Crippen molar-refractivity contribution in [3.8, 4) is 0 Å². The lowest BCUT2D eigenvalue weighted by Gasteiger charge is -2.24. The Morgan fingerprint density at radius 3 is 2.05 bits per heavy atom. The van der Waals surface area contributed by atoms with Crippen molar-refractivity contribution in [1.82, 2.24) is 10.6 Å². The fourth-order valence-corrected chi connectivity index (χ4v) is 2.24. The first kappa shape index (κ1) is 19.2. The lowest BCUT2D eigenvalue weighted by atomic mass is 9.96. The predicted octanol–water partition coefficient (Wildman–Crippen LogP) is 1.82. The minimum absolute atomic E-state index is 0.0477. The molecule has 0 aliphatic rings. The maximum absolute atomic E-state index is 11.8. The van der Waals surface area contributed by atoms with Gasteiger partial charge in [0.25, 0.3) is 0 Å². The van der Waals surface area contributed by atoms with Crippen LogP contribution < -0.4 is 10.6 Å². The predicted molar refractivity (Wildman–Crippen MR) is 78.1 cm³/mol. The van der Waals surface area contributed by atoms with Crippen molar-refractivity contribution in [2.24, 2.45) is 5.92 Å². The zero-order valence-electron chi connectivity index (χ0n) is 12.9. The van der Waals surface area contributed by atoms with Crippen LogP contribution in [0, 0.1) is 5.92 Å². The van der Waals surface area contributed by atoms with E-state index >= 15 is 0 Å². The minimum Gasteiger partial charge on any atom is -0.481 e. The Balaban J connectivity index is 4.34. The van der Waals surface area contributed by atoms with Crippen LogP contribution in [0.25, 0.3) is 0 Å². The van der Waals surface area contributed by atoms with Gasteiger partial charge in [0.15, 0.2) is 0 Å². The van der Waals surface area contributed by atoms with Crippen LogP contribution in [0.3, 0.4) is 0 Å². The Morgan fingerprint density at radius 1 is 1.05 bits per heavy atom. The van der Waals surface area contributed by atoms with Crippen molar-refractivity contribution in [3.05, 3.63) is 0 Å². The van der Waals surface area contributed by atoms with E-state index in [4.69, 9.17) is 10.2 Å². The second-order valence-corrected chi connectivity index (χ2v) is 5.16. The van der Waals surface area contributed by atoms with Crippen molar-refractivity contribution in [1.29, 1.82) is 0 Å². The summed E-state index contributed by atoms with van der Waals surface area (Å²) >= 11 is 0. The third-order valence-electron chi connectivity index (χ3n) is 3.60. The first-order valence-corrected chi connectivity index (χ1v) is 7.33. The Labute approximate surface area is 125 Å². The molecule has 7 nitrogen and oxygen atoms in total. The molecule has 2 atom stereocenters. The number of rotatable bonds is 10. The molecule has 0 spiro atoms. The van der Waals surface area contributed by atoms with Crippen LogP contribution in [0.2, 0.25) is 0 Å². The number of carboxylic acid groups (broad SMARTS) is 2. The zero-order valence-corrected chi connectivity index (χ0v) is 12.9. The monoisotopic (exact) mass is 302 g/mol. The molecule has 0 aliphatic heterocycles. The summed E-state index contributed by atoms with van der Waals surface area (Å²) in [5.74, 6) is -1.80. The van der Waals surface area contributed by atoms with Crippen LogP contribution in [0.4, 0.5) is 4.79 Å². The van der Waals surface area contributed by atoms with E-state index < -0.39 is 24.0 Å². The number of nitrogens with one attached hydrogen (secondary N) is 2. The molecule has 0 saturated carbocycles. The number of hydrogen-bond donors (Lipinski definition) is 4. The third-order valence-corrected chi connectivity index (χ3v) is 3.60. The van der Waals surface area contributed by atoms with Gasteiger partial charge in [0, 0.05) is 12.5 Å². The molecule has 0 fully saturated rings. The third kappa shape index (κ3) is 8.16. The van der Waals surface area contributed by atoms with E-state index in [-0.39, 0.29) is 25.3 Å². The molecule has 1 unspecified atom stereocenters. The number of amides is 2. The number of carbonyl (C=O) groups excluding carboxylic acids is 1. The van der Waals surface area contributed by atoms with E-state index in [0.717, 1.165) is 12.8 Å². The molecule has 0 bridgehead atoms. The molecule has 7 heteroatoms. The van der Waals surface area contributed by atoms with Crippen LogP contribution in [0.5, 0.6) is 0 Å². The van der Waals surface area contributed by atoms with Gasteiger partial charge in [-0.2, -0.15) is 0 Å². The lowest BCUT2D eigenvalue weighted by molar-refractivity contribution is -0.140. The molecule has 4 N–H and O–H groups in total. The summed E-state index contributed by atoms with van der Waals surface area (Å²) < 4.78 is 0. The summed E-state index contributed by atoms with van der Waals surface area (Å²) in [5, 5.41) is 22.7. The molecule has 0 radical (unpaired) electrons. The fourth-order valence-electron chi connectivity index (χ4n) is 2.24. The number of aliphatic carboxylic acids is 2. The molecule has 0 saturated heterocycles. The highest BCUT2D eigenvalue weighted by molar-refractivity contribution is 5.82. The molecule has 0 aliphatic carbocycles. The van der Waals surface area contributed by atoms with Gasteiger partial charge in [0.05, 0.1) is 0 Å². The first-order valence-electron chi connectivity index (χ1n) is 7.33. The van der Waals surface area contributed by atoms with E-state index in [0.29, 0.717) is 5.92 Å². The molecule has 2 amide bonds. The van der Waals surface area contributed by atoms with E-state index in [1.54, 1.807) is 0 Å². The molecular formula is C14H26N2O5. The van der Waals surface area contributed by atoms with E-state index in [9.17, 15) is 14.4 Å². The van der Waals surface area contributed by atoms with Gasteiger partial charge in [-0.1, -0.05) is 26.7 Å². The average molecular weight is 302 g/mol. The number of carboxylic acids is 2. The zero-order chi connectivity index (χ0) is 16.4. The molecular weight excluding hydrogens is 276 g/mol. The largest absolute Gasteiger partial charge is 0.481 e. The molecule has 0 aromatic rings. The molecule has 21 heavy (non-hydrogen) atoms. The van der Waals surface area contributed by atoms with Crippen LogP contribution >= 0.6 is 0 Å². The van der Waals surface area contributed by atoms with Crippen molar-refractivity contribution < 1.29 is 24.6 Å². The van der Waals surface area contributed by atoms with Gasteiger partial charge < -0.3 is 20.8 Å². The van der Waals surface area contributed by atoms with Crippen molar-refractivity contribution >= 4 is 18.0 Å². The summed E-state index contributed by atoms with van der Waals surface area (Å²) in [7, 11) is 0. The molecule has 0 heterocycles. The maximum Gasteiger partial charge on any atom is 0.326 e. The van der Waals surface area contributed by atoms with Crippen molar-refractivity contribution in [2.75, 3.05) is 0 Å². The molecule has 0 aromatic heterocycles. The number of hydrogen-bond acceptors (Lipinski definition) is 3. The topological polar surface area (TPSA) is 116 Å². The molecule has 122 valence electrons. The van der Waals surface area contributed by atoms with Crippen LogP contribution in [-0.4, -0.2) is 40.3 Å². The summed E-state index contributed by atoms with van der Waals surface area (Å²) in [4.78, 5) is 33.3. The Morgan fingerprint density at radius 2 is 1.62 bits per heavy atom. The normalized spacial score (nSPS) is 13.5. The summed E-state index contributed by atoms with van der Waals surface area (Å²) in [6, 6.07) is -1.65. The highest BCUT2D eigenvalue weighted by Crippen LogP contribution is 2.12. The maximum atomic E-state index is 11.8. The summed E-state index contributed by atoms with van der Waals surface area (Å²) in [6.07, 6.45) is 2.04. The van der Waals surface area contributed by atoms with Gasteiger partial charge >= 0.3 is 18.0 Å². The lowest BCUT2D eigenvalue weighted by Crippen LogP contribution is -2.49. The van der Waals surface area contributed by atoms with Gasteiger partial charge in [-0.3, -0.25) is 4.79 Å². The standard InChI is InChI=1S/C14H26N2O5/c1-4-10(5-2)9(3)15-14(21)16-11(13(19)20)7-6-8-12(17)18/h9-11H,4-8H2,1-3H3,(H,17,18)(H,19,20)(H2,15,16,21)/t9?,11-/m1/s1. The smallest absolute Gasteiger partial charge is 0.326 e. The van der Waals surface area contributed by atoms with E-state index in [1.165, 1.54) is 0 Å². The second-order valence-electron chi connectivity index (χ2n) is 5.16. The van der Waals surface area contributed by atoms with Gasteiger partial charge in [0.1, 0.15) is 6.04 Å². The summed E-state index contributed by atoms with van der Waals surface area (Å²) in [5.41, 5.74) is 0. The highest BCUT2D eigenvalue weighted by Gasteiger charge is 2.22. The molecule has 0 rings (SSSR count). The minimum atomic E-state index is -1.16.